The second-order valence-electron chi connectivity index (χ2n) is 6.32. The molecule has 0 saturated heterocycles. The van der Waals surface area contributed by atoms with Gasteiger partial charge in [0.2, 0.25) is 5.91 Å². The van der Waals surface area contributed by atoms with Gasteiger partial charge in [-0.2, -0.15) is 5.26 Å². The molecule has 0 aromatic heterocycles. The van der Waals surface area contributed by atoms with Crippen molar-refractivity contribution in [1.29, 1.82) is 5.26 Å². The zero-order chi connectivity index (χ0) is 20.5. The summed E-state index contributed by atoms with van der Waals surface area (Å²) >= 11 is 0. The van der Waals surface area contributed by atoms with E-state index >= 15 is 0 Å². The van der Waals surface area contributed by atoms with Gasteiger partial charge in [-0.25, -0.2) is 4.79 Å². The molecular formula is C22H20N2O4. The average molecular weight is 376 g/mol. The second kappa shape index (κ2) is 9.83. The molecule has 6 heteroatoms. The molecule has 2 aromatic carbocycles. The van der Waals surface area contributed by atoms with Crippen molar-refractivity contribution in [1.82, 2.24) is 0 Å². The van der Waals surface area contributed by atoms with Gasteiger partial charge in [0.15, 0.2) is 12.4 Å². The third-order valence-corrected chi connectivity index (χ3v) is 3.80. The molecule has 0 atom stereocenters. The standard InChI is InChI=1S/C22H20N2O4/c1-15(2)22(27)24-19-10-8-18(9-11-19)20(25)14-28-21(26)12-7-16-3-5-17(13-23)6-4-16/h3-12,15H,14H2,1-2H3,(H,24,27)/b12-7+. The lowest BCUT2D eigenvalue weighted by atomic mass is 10.1. The fourth-order valence-electron chi connectivity index (χ4n) is 2.13. The zero-order valence-electron chi connectivity index (χ0n) is 15.6. The second-order valence-corrected chi connectivity index (χ2v) is 6.32. The lowest BCUT2D eigenvalue weighted by Crippen LogP contribution is -2.18. The van der Waals surface area contributed by atoms with E-state index in [1.807, 2.05) is 6.07 Å². The molecule has 6 nitrogen and oxygen atoms in total. The molecule has 1 amide bonds. The number of carbonyl (C=O) groups is 3. The Balaban J connectivity index is 1.85. The summed E-state index contributed by atoms with van der Waals surface area (Å²) in [5.74, 6) is -1.24. The largest absolute Gasteiger partial charge is 0.454 e. The number of nitrogens with one attached hydrogen (secondary N) is 1. The van der Waals surface area contributed by atoms with Crippen LogP contribution in [0, 0.1) is 17.2 Å². The highest BCUT2D eigenvalue weighted by Gasteiger charge is 2.10. The van der Waals surface area contributed by atoms with Crippen molar-refractivity contribution in [2.24, 2.45) is 5.92 Å². The molecule has 0 saturated carbocycles. The predicted molar refractivity (Wildman–Crippen MR) is 105 cm³/mol. The summed E-state index contributed by atoms with van der Waals surface area (Å²) in [6.07, 6.45) is 2.76. The summed E-state index contributed by atoms with van der Waals surface area (Å²) in [5, 5.41) is 11.5. The maximum atomic E-state index is 12.1. The number of amides is 1. The Kier molecular flexibility index (Phi) is 7.23. The first-order valence-electron chi connectivity index (χ1n) is 8.68. The molecule has 0 bridgehead atoms. The van der Waals surface area contributed by atoms with Crippen molar-refractivity contribution < 1.29 is 19.1 Å². The summed E-state index contributed by atoms with van der Waals surface area (Å²) in [5.41, 5.74) is 2.24. The van der Waals surface area contributed by atoms with Crippen LogP contribution in [0.15, 0.2) is 54.6 Å². The molecule has 142 valence electrons. The van der Waals surface area contributed by atoms with Gasteiger partial charge in [-0.3, -0.25) is 9.59 Å². The fourth-order valence-corrected chi connectivity index (χ4v) is 2.13. The van der Waals surface area contributed by atoms with Crippen LogP contribution in [0.25, 0.3) is 6.08 Å². The Labute approximate surface area is 163 Å². The number of carbonyl (C=O) groups excluding carboxylic acids is 3. The number of benzene rings is 2. The van der Waals surface area contributed by atoms with Gasteiger partial charge in [-0.05, 0) is 48.0 Å². The first-order chi connectivity index (χ1) is 13.4. The van der Waals surface area contributed by atoms with Crippen molar-refractivity contribution in [2.45, 2.75) is 13.8 Å². The number of ketones is 1. The van der Waals surface area contributed by atoms with E-state index < -0.39 is 5.97 Å². The van der Waals surface area contributed by atoms with Crippen LogP contribution in [0.3, 0.4) is 0 Å². The van der Waals surface area contributed by atoms with E-state index in [2.05, 4.69) is 5.32 Å². The first-order valence-corrected chi connectivity index (χ1v) is 8.68. The molecule has 0 unspecified atom stereocenters. The third-order valence-electron chi connectivity index (χ3n) is 3.80. The molecule has 0 spiro atoms. The van der Waals surface area contributed by atoms with Crippen LogP contribution in [-0.2, 0) is 14.3 Å². The summed E-state index contributed by atoms with van der Waals surface area (Å²) < 4.78 is 4.95. The predicted octanol–water partition coefficient (Wildman–Crippen LogP) is 3.59. The van der Waals surface area contributed by atoms with Gasteiger partial charge in [0.25, 0.3) is 0 Å². The molecule has 0 aliphatic rings. The topological polar surface area (TPSA) is 96.3 Å². The molecule has 0 aliphatic heterocycles. The van der Waals surface area contributed by atoms with Crippen LogP contribution < -0.4 is 5.32 Å². The monoisotopic (exact) mass is 376 g/mol. The summed E-state index contributed by atoms with van der Waals surface area (Å²) in [7, 11) is 0. The fraction of sp³-hybridized carbons (Fsp3) is 0.182. The van der Waals surface area contributed by atoms with Crippen LogP contribution in [-0.4, -0.2) is 24.3 Å². The Morgan fingerprint density at radius 3 is 2.29 bits per heavy atom. The van der Waals surface area contributed by atoms with E-state index in [9.17, 15) is 14.4 Å². The van der Waals surface area contributed by atoms with E-state index in [-0.39, 0.29) is 24.2 Å². The molecule has 0 fully saturated rings. The van der Waals surface area contributed by atoms with E-state index in [4.69, 9.17) is 10.00 Å². The van der Waals surface area contributed by atoms with E-state index in [1.54, 1.807) is 68.5 Å². The Morgan fingerprint density at radius 1 is 1.07 bits per heavy atom. The maximum Gasteiger partial charge on any atom is 0.331 e. The minimum Gasteiger partial charge on any atom is -0.454 e. The average Bonchev–Trinajstić information content (AvgIpc) is 2.71. The Bertz CT molecular complexity index is 921. The SMILES string of the molecule is CC(C)C(=O)Nc1ccc(C(=O)COC(=O)/C=C/c2ccc(C#N)cc2)cc1. The van der Waals surface area contributed by atoms with Gasteiger partial charge in [-0.1, -0.05) is 26.0 Å². The Morgan fingerprint density at radius 2 is 1.71 bits per heavy atom. The molecule has 1 N–H and O–H groups in total. The molecule has 0 heterocycles. The molecule has 0 radical (unpaired) electrons. The van der Waals surface area contributed by atoms with Crippen LogP contribution in [0.1, 0.15) is 35.3 Å². The van der Waals surface area contributed by atoms with Crippen LogP contribution in [0.4, 0.5) is 5.69 Å². The van der Waals surface area contributed by atoms with E-state index in [0.717, 1.165) is 5.56 Å². The van der Waals surface area contributed by atoms with Crippen LogP contribution in [0.5, 0.6) is 0 Å². The summed E-state index contributed by atoms with van der Waals surface area (Å²) in [4.78, 5) is 35.5. The lowest BCUT2D eigenvalue weighted by Gasteiger charge is -2.08. The van der Waals surface area contributed by atoms with Gasteiger partial charge in [-0.15, -0.1) is 0 Å². The van der Waals surface area contributed by atoms with Crippen molar-refractivity contribution in [3.8, 4) is 6.07 Å². The summed E-state index contributed by atoms with van der Waals surface area (Å²) in [6.45, 7) is 3.20. The molecule has 0 aliphatic carbocycles. The highest BCUT2D eigenvalue weighted by atomic mass is 16.5. The highest BCUT2D eigenvalue weighted by molar-refractivity contribution is 5.99. The number of nitriles is 1. The maximum absolute atomic E-state index is 12.1. The van der Waals surface area contributed by atoms with Crippen LogP contribution >= 0.6 is 0 Å². The quantitative estimate of drug-likeness (QED) is 0.452. The lowest BCUT2D eigenvalue weighted by molar-refractivity contribution is -0.136. The van der Waals surface area contributed by atoms with Gasteiger partial charge >= 0.3 is 5.97 Å². The molecule has 2 rings (SSSR count). The number of Topliss-reactive ketones (excluding diaryl/α,β-unsaturated/α-hetero) is 1. The first kappa shape index (κ1) is 20.6. The van der Waals surface area contributed by atoms with E-state index in [1.165, 1.54) is 6.08 Å². The number of rotatable bonds is 7. The minimum absolute atomic E-state index is 0.109. The normalized spacial score (nSPS) is 10.5. The minimum atomic E-state index is -0.640. The number of esters is 1. The highest BCUT2D eigenvalue weighted by Crippen LogP contribution is 2.12. The molecular weight excluding hydrogens is 356 g/mol. The number of anilines is 1. The van der Waals surface area contributed by atoms with Crippen molar-refractivity contribution in [2.75, 3.05) is 11.9 Å². The number of ether oxygens (including phenoxy) is 1. The van der Waals surface area contributed by atoms with Gasteiger partial charge in [0.05, 0.1) is 11.6 Å². The van der Waals surface area contributed by atoms with Gasteiger partial charge in [0.1, 0.15) is 0 Å². The van der Waals surface area contributed by atoms with E-state index in [0.29, 0.717) is 16.8 Å². The third kappa shape index (κ3) is 6.22. The van der Waals surface area contributed by atoms with Gasteiger partial charge < -0.3 is 10.1 Å². The van der Waals surface area contributed by atoms with Crippen molar-refractivity contribution in [3.05, 3.63) is 71.3 Å². The van der Waals surface area contributed by atoms with Crippen molar-refractivity contribution >= 4 is 29.4 Å². The van der Waals surface area contributed by atoms with Crippen LogP contribution in [0.2, 0.25) is 0 Å². The molecule has 2 aromatic rings. The smallest absolute Gasteiger partial charge is 0.331 e. The van der Waals surface area contributed by atoms with Gasteiger partial charge in [0, 0.05) is 23.2 Å². The Hall–Kier alpha value is -3.72. The van der Waals surface area contributed by atoms with Crippen molar-refractivity contribution in [3.63, 3.8) is 0 Å². The number of nitrogens with zero attached hydrogens (tertiary/aromatic N) is 1. The zero-order valence-corrected chi connectivity index (χ0v) is 15.6. The number of hydrogen-bond acceptors (Lipinski definition) is 5. The molecule has 28 heavy (non-hydrogen) atoms. The number of hydrogen-bond donors (Lipinski definition) is 1. The summed E-state index contributed by atoms with van der Waals surface area (Å²) in [6, 6.07) is 15.1.